The van der Waals surface area contributed by atoms with Gasteiger partial charge in [0, 0.05) is 37.3 Å². The number of hydrogen-bond donors (Lipinski definition) is 0. The van der Waals surface area contributed by atoms with Crippen LogP contribution in [0.25, 0.3) is 11.1 Å². The highest BCUT2D eigenvalue weighted by Crippen LogP contribution is 2.22. The summed E-state index contributed by atoms with van der Waals surface area (Å²) in [6.07, 6.45) is 0. The van der Waals surface area contributed by atoms with Crippen molar-refractivity contribution in [2.24, 2.45) is 0 Å². The molecule has 0 aliphatic carbocycles. The van der Waals surface area contributed by atoms with E-state index in [1.807, 2.05) is 41.3 Å². The highest BCUT2D eigenvalue weighted by Gasteiger charge is 2.28. The van der Waals surface area contributed by atoms with Gasteiger partial charge in [0.1, 0.15) is 0 Å². The van der Waals surface area contributed by atoms with E-state index in [2.05, 4.69) is 43.9 Å². The van der Waals surface area contributed by atoms with Gasteiger partial charge in [-0.25, -0.2) is 0 Å². The van der Waals surface area contributed by atoms with Crippen LogP contribution in [0, 0.1) is 0 Å². The maximum absolute atomic E-state index is 12.8. The number of hydrogen-bond acceptors (Lipinski definition) is 2. The number of nitrogens with zero attached hydrogens (tertiary/aromatic N) is 2. The number of rotatable bonds is 2. The molecular weight excluding hydrogens is 296 g/mol. The van der Waals surface area contributed by atoms with E-state index in [0.29, 0.717) is 0 Å². The molecule has 0 unspecified atom stereocenters. The maximum atomic E-state index is 12.8. The molecule has 0 aromatic heterocycles. The molecule has 1 fully saturated rings. The van der Waals surface area contributed by atoms with Crippen molar-refractivity contribution in [3.05, 3.63) is 60.2 Å². The van der Waals surface area contributed by atoms with Crippen molar-refractivity contribution in [1.29, 1.82) is 0 Å². The fourth-order valence-corrected chi connectivity index (χ4v) is 3.23. The molecule has 1 aliphatic rings. The van der Waals surface area contributed by atoms with Crippen LogP contribution in [0.3, 0.4) is 0 Å². The summed E-state index contributed by atoms with van der Waals surface area (Å²) in [6.45, 7) is 10.2. The number of benzene rings is 2. The minimum atomic E-state index is 0.140. The van der Waals surface area contributed by atoms with E-state index in [1.54, 1.807) is 0 Å². The van der Waals surface area contributed by atoms with Gasteiger partial charge in [-0.15, -0.1) is 0 Å². The van der Waals surface area contributed by atoms with Gasteiger partial charge in [0.05, 0.1) is 0 Å². The molecule has 0 atom stereocenters. The topological polar surface area (TPSA) is 23.6 Å². The van der Waals surface area contributed by atoms with Crippen molar-refractivity contribution in [3.63, 3.8) is 0 Å². The van der Waals surface area contributed by atoms with Gasteiger partial charge in [0.25, 0.3) is 5.91 Å². The molecule has 0 bridgehead atoms. The van der Waals surface area contributed by atoms with E-state index in [9.17, 15) is 4.79 Å². The second-order valence-corrected chi connectivity index (χ2v) is 7.40. The molecule has 1 saturated heterocycles. The minimum absolute atomic E-state index is 0.140. The minimum Gasteiger partial charge on any atom is -0.336 e. The summed E-state index contributed by atoms with van der Waals surface area (Å²) in [4.78, 5) is 17.3. The largest absolute Gasteiger partial charge is 0.336 e. The van der Waals surface area contributed by atoms with Crippen LogP contribution < -0.4 is 0 Å². The zero-order chi connectivity index (χ0) is 17.2. The Kier molecular flexibility index (Phi) is 4.72. The summed E-state index contributed by atoms with van der Waals surface area (Å²) < 4.78 is 0. The first-order valence-corrected chi connectivity index (χ1v) is 8.65. The van der Waals surface area contributed by atoms with Crippen LogP contribution in [-0.4, -0.2) is 47.4 Å². The molecule has 0 radical (unpaired) electrons. The van der Waals surface area contributed by atoms with Crippen LogP contribution in [0.4, 0.5) is 0 Å². The van der Waals surface area contributed by atoms with Gasteiger partial charge in [-0.05, 0) is 44.0 Å². The molecule has 2 aromatic carbocycles. The highest BCUT2D eigenvalue weighted by atomic mass is 16.2. The van der Waals surface area contributed by atoms with Crippen molar-refractivity contribution >= 4 is 5.91 Å². The maximum Gasteiger partial charge on any atom is 0.253 e. The van der Waals surface area contributed by atoms with E-state index >= 15 is 0 Å². The third-order valence-electron chi connectivity index (χ3n) is 4.73. The number of piperazine rings is 1. The summed E-state index contributed by atoms with van der Waals surface area (Å²) in [5.41, 5.74) is 3.18. The zero-order valence-corrected chi connectivity index (χ0v) is 14.8. The first-order valence-electron chi connectivity index (χ1n) is 8.65. The van der Waals surface area contributed by atoms with E-state index in [0.717, 1.165) is 42.9 Å². The third kappa shape index (κ3) is 3.68. The first kappa shape index (κ1) is 16.7. The standard InChI is InChI=1S/C21H26N2O/c1-21(2,3)23-14-12-22(13-15-23)20(24)19-11-7-10-18(16-19)17-8-5-4-6-9-17/h4-11,16H,12-15H2,1-3H3. The Morgan fingerprint density at radius 2 is 1.46 bits per heavy atom. The fourth-order valence-electron chi connectivity index (χ4n) is 3.23. The van der Waals surface area contributed by atoms with Crippen LogP contribution >= 0.6 is 0 Å². The van der Waals surface area contributed by atoms with E-state index in [-0.39, 0.29) is 11.4 Å². The monoisotopic (exact) mass is 322 g/mol. The molecular formula is C21H26N2O. The Bertz CT molecular complexity index is 695. The molecule has 24 heavy (non-hydrogen) atoms. The first-order chi connectivity index (χ1) is 11.4. The van der Waals surface area contributed by atoms with Crippen LogP contribution in [0.5, 0.6) is 0 Å². The Morgan fingerprint density at radius 3 is 2.08 bits per heavy atom. The molecule has 0 N–H and O–H groups in total. The Morgan fingerprint density at radius 1 is 0.833 bits per heavy atom. The average molecular weight is 322 g/mol. The van der Waals surface area contributed by atoms with Gasteiger partial charge in [0.2, 0.25) is 0 Å². The van der Waals surface area contributed by atoms with Gasteiger partial charge in [-0.2, -0.15) is 0 Å². The summed E-state index contributed by atoms with van der Waals surface area (Å²) in [6, 6.07) is 18.2. The molecule has 126 valence electrons. The van der Waals surface area contributed by atoms with Crippen molar-refractivity contribution < 1.29 is 4.79 Å². The molecule has 2 aromatic rings. The normalized spacial score (nSPS) is 16.2. The van der Waals surface area contributed by atoms with Crippen LogP contribution in [0.15, 0.2) is 54.6 Å². The molecule has 3 heteroatoms. The Balaban J connectivity index is 1.73. The van der Waals surface area contributed by atoms with Gasteiger partial charge < -0.3 is 4.90 Å². The van der Waals surface area contributed by atoms with Gasteiger partial charge in [0.15, 0.2) is 0 Å². The number of carbonyl (C=O) groups excluding carboxylic acids is 1. The summed E-state index contributed by atoms with van der Waals surface area (Å²) in [7, 11) is 0. The third-order valence-corrected chi connectivity index (χ3v) is 4.73. The smallest absolute Gasteiger partial charge is 0.253 e. The second-order valence-electron chi connectivity index (χ2n) is 7.40. The molecule has 3 rings (SSSR count). The van der Waals surface area contributed by atoms with Crippen LogP contribution in [0.2, 0.25) is 0 Å². The van der Waals surface area contributed by atoms with Gasteiger partial charge >= 0.3 is 0 Å². The lowest BCUT2D eigenvalue weighted by Crippen LogP contribution is -2.54. The molecule has 1 aliphatic heterocycles. The van der Waals surface area contributed by atoms with Crippen LogP contribution in [-0.2, 0) is 0 Å². The summed E-state index contributed by atoms with van der Waals surface area (Å²) >= 11 is 0. The molecule has 3 nitrogen and oxygen atoms in total. The van der Waals surface area contributed by atoms with E-state index < -0.39 is 0 Å². The number of amides is 1. The van der Waals surface area contributed by atoms with Crippen molar-refractivity contribution in [2.75, 3.05) is 26.2 Å². The summed E-state index contributed by atoms with van der Waals surface area (Å²) in [5, 5.41) is 0. The van der Waals surface area contributed by atoms with E-state index in [1.165, 1.54) is 0 Å². The molecule has 0 spiro atoms. The predicted octanol–water partition coefficient (Wildman–Crippen LogP) is 3.91. The quantitative estimate of drug-likeness (QED) is 0.837. The number of carbonyl (C=O) groups is 1. The van der Waals surface area contributed by atoms with Gasteiger partial charge in [-0.3, -0.25) is 9.69 Å². The Labute approximate surface area is 144 Å². The van der Waals surface area contributed by atoms with E-state index in [4.69, 9.17) is 0 Å². The van der Waals surface area contributed by atoms with Crippen molar-refractivity contribution in [3.8, 4) is 11.1 Å². The lowest BCUT2D eigenvalue weighted by Gasteiger charge is -2.42. The predicted molar refractivity (Wildman–Crippen MR) is 99.1 cm³/mol. The van der Waals surface area contributed by atoms with Crippen molar-refractivity contribution in [2.45, 2.75) is 26.3 Å². The summed E-state index contributed by atoms with van der Waals surface area (Å²) in [5.74, 6) is 0.140. The lowest BCUT2D eigenvalue weighted by molar-refractivity contribution is 0.0451. The second kappa shape index (κ2) is 6.78. The van der Waals surface area contributed by atoms with Crippen LogP contribution in [0.1, 0.15) is 31.1 Å². The molecule has 0 saturated carbocycles. The Hall–Kier alpha value is -2.13. The SMILES string of the molecule is CC(C)(C)N1CCN(C(=O)c2cccc(-c3ccccc3)c2)CC1. The van der Waals surface area contributed by atoms with Crippen molar-refractivity contribution in [1.82, 2.24) is 9.80 Å². The fraction of sp³-hybridized carbons (Fsp3) is 0.381. The van der Waals surface area contributed by atoms with Gasteiger partial charge in [-0.1, -0.05) is 42.5 Å². The lowest BCUT2D eigenvalue weighted by atomic mass is 10.0. The highest BCUT2D eigenvalue weighted by molar-refractivity contribution is 5.95. The molecule has 1 heterocycles. The zero-order valence-electron chi connectivity index (χ0n) is 14.8. The molecule has 1 amide bonds. The average Bonchev–Trinajstić information content (AvgIpc) is 2.61.